The molecule has 1 heterocycles. The Morgan fingerprint density at radius 1 is 1.25 bits per heavy atom. The lowest BCUT2D eigenvalue weighted by molar-refractivity contribution is -0.126. The molecule has 108 valence electrons. The van der Waals surface area contributed by atoms with Gasteiger partial charge in [0, 0.05) is 12.5 Å². The summed E-state index contributed by atoms with van der Waals surface area (Å²) in [4.78, 5) is 12.2. The maximum Gasteiger partial charge on any atom is 0.223 e. The second-order valence-electron chi connectivity index (χ2n) is 6.68. The summed E-state index contributed by atoms with van der Waals surface area (Å²) < 4.78 is 0. The van der Waals surface area contributed by atoms with E-state index in [2.05, 4.69) is 41.8 Å². The fourth-order valence-electron chi connectivity index (χ4n) is 3.54. The normalized spacial score (nSPS) is 21.4. The summed E-state index contributed by atoms with van der Waals surface area (Å²) in [5.74, 6) is 0.465. The number of carbonyl (C=O) groups excluding carboxylic acids is 1. The Labute approximate surface area is 121 Å². The molecule has 1 aromatic carbocycles. The molecule has 3 nitrogen and oxygen atoms in total. The number of rotatable bonds is 3. The molecular weight excluding hydrogens is 248 g/mol. The average molecular weight is 272 g/mol. The van der Waals surface area contributed by atoms with Crippen molar-refractivity contribution < 1.29 is 4.79 Å². The monoisotopic (exact) mass is 272 g/mol. The molecule has 0 saturated carbocycles. The first-order valence-corrected chi connectivity index (χ1v) is 7.72. The van der Waals surface area contributed by atoms with E-state index in [1.54, 1.807) is 0 Å². The van der Waals surface area contributed by atoms with Crippen LogP contribution in [-0.4, -0.2) is 25.5 Å². The minimum absolute atomic E-state index is 0.187. The molecule has 1 amide bonds. The van der Waals surface area contributed by atoms with Gasteiger partial charge in [0.2, 0.25) is 5.91 Å². The number of amides is 1. The minimum Gasteiger partial charge on any atom is -0.355 e. The topological polar surface area (TPSA) is 41.1 Å². The lowest BCUT2D eigenvalue weighted by Gasteiger charge is -2.27. The van der Waals surface area contributed by atoms with Crippen LogP contribution in [0.15, 0.2) is 24.3 Å². The molecule has 0 aromatic heterocycles. The third-order valence-electron chi connectivity index (χ3n) is 4.75. The van der Waals surface area contributed by atoms with Crippen LogP contribution in [0.2, 0.25) is 0 Å². The Hall–Kier alpha value is -1.35. The smallest absolute Gasteiger partial charge is 0.223 e. The van der Waals surface area contributed by atoms with Gasteiger partial charge in [-0.3, -0.25) is 4.79 Å². The number of piperidine rings is 1. The third-order valence-corrected chi connectivity index (χ3v) is 4.75. The van der Waals surface area contributed by atoms with Gasteiger partial charge >= 0.3 is 0 Å². The van der Waals surface area contributed by atoms with Crippen LogP contribution in [0.4, 0.5) is 0 Å². The fourth-order valence-corrected chi connectivity index (χ4v) is 3.54. The van der Waals surface area contributed by atoms with Gasteiger partial charge in [0.05, 0.1) is 0 Å². The molecule has 3 rings (SSSR count). The summed E-state index contributed by atoms with van der Waals surface area (Å²) >= 11 is 0. The highest BCUT2D eigenvalue weighted by molar-refractivity contribution is 5.78. The van der Waals surface area contributed by atoms with Gasteiger partial charge < -0.3 is 10.6 Å². The van der Waals surface area contributed by atoms with Crippen LogP contribution in [0.5, 0.6) is 0 Å². The van der Waals surface area contributed by atoms with Crippen molar-refractivity contribution >= 4 is 5.91 Å². The van der Waals surface area contributed by atoms with Gasteiger partial charge in [0.25, 0.3) is 0 Å². The third kappa shape index (κ3) is 2.88. The molecule has 1 aliphatic heterocycles. The number of fused-ring (bicyclic) bond motifs is 1. The Morgan fingerprint density at radius 3 is 2.45 bits per heavy atom. The van der Waals surface area contributed by atoms with Gasteiger partial charge in [-0.2, -0.15) is 0 Å². The lowest BCUT2D eigenvalue weighted by Crippen LogP contribution is -2.42. The van der Waals surface area contributed by atoms with Crippen molar-refractivity contribution in [2.24, 2.45) is 11.3 Å². The molecule has 2 aliphatic rings. The van der Waals surface area contributed by atoms with E-state index in [9.17, 15) is 4.79 Å². The van der Waals surface area contributed by atoms with Gasteiger partial charge in [0.15, 0.2) is 0 Å². The van der Waals surface area contributed by atoms with E-state index in [4.69, 9.17) is 0 Å². The van der Waals surface area contributed by atoms with Gasteiger partial charge in [-0.05, 0) is 55.3 Å². The quantitative estimate of drug-likeness (QED) is 0.882. The molecule has 1 aliphatic carbocycles. The van der Waals surface area contributed by atoms with Crippen LogP contribution in [0.1, 0.15) is 30.9 Å². The van der Waals surface area contributed by atoms with E-state index in [0.717, 1.165) is 45.3 Å². The molecule has 0 bridgehead atoms. The molecule has 0 spiro atoms. The predicted octanol–water partition coefficient (Wildman–Crippen LogP) is 1.91. The second kappa shape index (κ2) is 5.57. The largest absolute Gasteiger partial charge is 0.355 e. The highest BCUT2D eigenvalue weighted by Gasteiger charge is 2.33. The molecule has 1 fully saturated rings. The first kappa shape index (κ1) is 13.6. The maximum absolute atomic E-state index is 12.2. The van der Waals surface area contributed by atoms with Crippen LogP contribution < -0.4 is 10.6 Å². The Bertz CT molecular complexity index is 467. The Morgan fingerprint density at radius 2 is 1.85 bits per heavy atom. The minimum atomic E-state index is 0.187. The van der Waals surface area contributed by atoms with Crippen molar-refractivity contribution in [3.63, 3.8) is 0 Å². The molecule has 1 aromatic rings. The van der Waals surface area contributed by atoms with E-state index < -0.39 is 0 Å². The Balaban J connectivity index is 1.55. The van der Waals surface area contributed by atoms with E-state index in [1.807, 2.05) is 0 Å². The first-order chi connectivity index (χ1) is 9.66. The predicted molar refractivity (Wildman–Crippen MR) is 80.6 cm³/mol. The summed E-state index contributed by atoms with van der Waals surface area (Å²) in [5.41, 5.74) is 3.09. The zero-order chi connectivity index (χ0) is 14.0. The van der Waals surface area contributed by atoms with E-state index in [0.29, 0.717) is 0 Å². The lowest BCUT2D eigenvalue weighted by atomic mass is 9.86. The zero-order valence-electron chi connectivity index (χ0n) is 12.2. The molecule has 0 atom stereocenters. The number of benzene rings is 1. The highest BCUT2D eigenvalue weighted by Crippen LogP contribution is 2.36. The fraction of sp³-hybridized carbons (Fsp3) is 0.588. The van der Waals surface area contributed by atoms with Crippen molar-refractivity contribution in [3.05, 3.63) is 35.4 Å². The molecule has 1 saturated heterocycles. The van der Waals surface area contributed by atoms with Crippen LogP contribution in [-0.2, 0) is 17.6 Å². The first-order valence-electron chi connectivity index (χ1n) is 7.72. The van der Waals surface area contributed by atoms with Crippen molar-refractivity contribution in [2.45, 2.75) is 32.6 Å². The number of hydrogen-bond acceptors (Lipinski definition) is 2. The standard InChI is InChI=1S/C17H24N2O/c1-17(10-14-4-2-3-5-15(14)11-17)12-19-16(20)13-6-8-18-9-7-13/h2-5,13,18H,6-12H2,1H3,(H,19,20). The molecule has 0 unspecified atom stereocenters. The molecule has 3 heteroatoms. The van der Waals surface area contributed by atoms with E-state index >= 15 is 0 Å². The summed E-state index contributed by atoms with van der Waals surface area (Å²) in [6.45, 7) is 5.03. The van der Waals surface area contributed by atoms with Crippen LogP contribution >= 0.6 is 0 Å². The van der Waals surface area contributed by atoms with Gasteiger partial charge in [-0.25, -0.2) is 0 Å². The maximum atomic E-state index is 12.2. The SMILES string of the molecule is CC1(CNC(=O)C2CCNCC2)Cc2ccccc2C1. The molecule has 2 N–H and O–H groups in total. The Kier molecular flexibility index (Phi) is 3.79. The zero-order valence-corrected chi connectivity index (χ0v) is 12.2. The summed E-state index contributed by atoms with van der Waals surface area (Å²) in [5, 5.41) is 6.51. The van der Waals surface area contributed by atoms with E-state index in [-0.39, 0.29) is 17.2 Å². The van der Waals surface area contributed by atoms with Crippen molar-refractivity contribution in [2.75, 3.05) is 19.6 Å². The number of nitrogens with one attached hydrogen (secondary N) is 2. The average Bonchev–Trinajstić information content (AvgIpc) is 2.82. The van der Waals surface area contributed by atoms with Gasteiger partial charge in [0.1, 0.15) is 0 Å². The highest BCUT2D eigenvalue weighted by atomic mass is 16.1. The van der Waals surface area contributed by atoms with Crippen molar-refractivity contribution in [3.8, 4) is 0 Å². The molecular formula is C17H24N2O. The van der Waals surface area contributed by atoms with Crippen LogP contribution in [0.3, 0.4) is 0 Å². The molecule has 20 heavy (non-hydrogen) atoms. The summed E-state index contributed by atoms with van der Waals surface area (Å²) in [6, 6.07) is 8.65. The number of hydrogen-bond donors (Lipinski definition) is 2. The summed E-state index contributed by atoms with van der Waals surface area (Å²) in [6.07, 6.45) is 4.11. The van der Waals surface area contributed by atoms with E-state index in [1.165, 1.54) is 11.1 Å². The molecule has 0 radical (unpaired) electrons. The number of carbonyl (C=O) groups is 1. The van der Waals surface area contributed by atoms with Crippen molar-refractivity contribution in [1.29, 1.82) is 0 Å². The van der Waals surface area contributed by atoms with Crippen LogP contribution in [0.25, 0.3) is 0 Å². The van der Waals surface area contributed by atoms with Gasteiger partial charge in [-0.1, -0.05) is 31.2 Å². The summed E-state index contributed by atoms with van der Waals surface area (Å²) in [7, 11) is 0. The van der Waals surface area contributed by atoms with Gasteiger partial charge in [-0.15, -0.1) is 0 Å². The second-order valence-corrected chi connectivity index (χ2v) is 6.68. The van der Waals surface area contributed by atoms with Crippen LogP contribution in [0, 0.1) is 11.3 Å². The van der Waals surface area contributed by atoms with Crippen molar-refractivity contribution in [1.82, 2.24) is 10.6 Å².